The number of carbonyl (C=O) groups is 1. The highest BCUT2D eigenvalue weighted by Crippen LogP contribution is 2.45. The van der Waals surface area contributed by atoms with Crippen LogP contribution in [-0.4, -0.2) is 38.7 Å². The van der Waals surface area contributed by atoms with Crippen molar-refractivity contribution in [1.29, 1.82) is 0 Å². The summed E-state index contributed by atoms with van der Waals surface area (Å²) in [6, 6.07) is 24.5. The first-order chi connectivity index (χ1) is 17.8. The number of carbonyl (C=O) groups excluding carboxylic acids is 1. The minimum absolute atomic E-state index is 0. The number of nitrogens with zero attached hydrogens (tertiary/aromatic N) is 2. The van der Waals surface area contributed by atoms with Crippen molar-refractivity contribution in [2.24, 2.45) is 4.99 Å². The van der Waals surface area contributed by atoms with E-state index < -0.39 is 11.9 Å². The van der Waals surface area contributed by atoms with E-state index in [1.54, 1.807) is 12.1 Å². The predicted octanol–water partition coefficient (Wildman–Crippen LogP) is 1.47. The molecule has 3 atom stereocenters. The lowest BCUT2D eigenvalue weighted by molar-refractivity contribution is -0.950. The quantitative estimate of drug-likeness (QED) is 0.405. The predicted molar refractivity (Wildman–Crippen MR) is 146 cm³/mol. The van der Waals surface area contributed by atoms with E-state index in [1.807, 2.05) is 72.5 Å². The molecule has 3 unspecified atom stereocenters. The molecule has 0 aromatic heterocycles. The standard InChI is InChI=1S/C29H29FN4O2S.ClH/c1-19(2)33(24-12-8-5-9-13-24)29(36)18-37-28-31-20(3)25(27(35)32-23-10-6-4-7-11-23)26(34(28)29)21-14-16-22(30)17-15-21;/h4-17,19,26,36H,18H2,1-3H3,(H,32,35);1H. The first kappa shape index (κ1) is 27.9. The molecule has 1 fully saturated rings. The number of aliphatic imine (C=N–C) groups is 1. The average molecular weight is 553 g/mol. The second-order valence-corrected chi connectivity index (χ2v) is 10.5. The molecule has 0 aliphatic carbocycles. The summed E-state index contributed by atoms with van der Waals surface area (Å²) in [5.41, 5.74) is 3.27. The van der Waals surface area contributed by atoms with E-state index in [2.05, 4.69) is 19.2 Å². The van der Waals surface area contributed by atoms with Crippen molar-refractivity contribution >= 4 is 34.2 Å². The monoisotopic (exact) mass is 552 g/mol. The van der Waals surface area contributed by atoms with Crippen molar-refractivity contribution in [2.75, 3.05) is 11.1 Å². The summed E-state index contributed by atoms with van der Waals surface area (Å²) in [5.74, 6) is -1.75. The molecule has 1 saturated heterocycles. The van der Waals surface area contributed by atoms with Crippen molar-refractivity contribution in [3.63, 3.8) is 0 Å². The van der Waals surface area contributed by atoms with Gasteiger partial charge in [0.25, 0.3) is 11.8 Å². The Morgan fingerprint density at radius 1 is 1.08 bits per heavy atom. The lowest BCUT2D eigenvalue weighted by Crippen LogP contribution is -3.21. The summed E-state index contributed by atoms with van der Waals surface area (Å²) >= 11 is 1.46. The summed E-state index contributed by atoms with van der Waals surface area (Å²) in [6.45, 7) is 5.92. The second kappa shape index (κ2) is 11.3. The maximum atomic E-state index is 14.0. The van der Waals surface area contributed by atoms with E-state index in [0.717, 1.165) is 10.6 Å². The Labute approximate surface area is 232 Å². The van der Waals surface area contributed by atoms with Gasteiger partial charge in [-0.3, -0.25) is 14.6 Å². The Hall–Kier alpha value is -3.17. The lowest BCUT2D eigenvalue weighted by Gasteiger charge is -2.46. The van der Waals surface area contributed by atoms with Crippen LogP contribution >= 0.6 is 11.8 Å². The number of aliphatic hydroxyl groups is 1. The number of hydrogen-bond acceptors (Lipinski definition) is 5. The van der Waals surface area contributed by atoms with Crippen LogP contribution in [0.25, 0.3) is 0 Å². The van der Waals surface area contributed by atoms with Gasteiger partial charge in [0.05, 0.1) is 23.4 Å². The zero-order valence-corrected chi connectivity index (χ0v) is 22.9. The fourth-order valence-electron chi connectivity index (χ4n) is 5.22. The molecule has 2 heterocycles. The van der Waals surface area contributed by atoms with Crippen LogP contribution in [0.1, 0.15) is 32.4 Å². The van der Waals surface area contributed by atoms with E-state index >= 15 is 0 Å². The maximum Gasteiger partial charge on any atom is 0.300 e. The zero-order valence-electron chi connectivity index (χ0n) is 21.4. The highest BCUT2D eigenvalue weighted by Gasteiger charge is 2.58. The summed E-state index contributed by atoms with van der Waals surface area (Å²) in [4.78, 5) is 21.3. The highest BCUT2D eigenvalue weighted by molar-refractivity contribution is 8.14. The first-order valence-electron chi connectivity index (χ1n) is 12.3. The topological polar surface area (TPSA) is 69.4 Å². The van der Waals surface area contributed by atoms with Gasteiger partial charge in [0.1, 0.15) is 17.3 Å². The number of anilines is 1. The van der Waals surface area contributed by atoms with Crippen LogP contribution < -0.4 is 22.6 Å². The Morgan fingerprint density at radius 3 is 2.29 bits per heavy atom. The third-order valence-corrected chi connectivity index (χ3v) is 7.84. The van der Waals surface area contributed by atoms with Gasteiger partial charge < -0.3 is 22.8 Å². The Balaban J connectivity index is 0.00000336. The molecule has 0 spiro atoms. The normalized spacial score (nSPS) is 21.5. The van der Waals surface area contributed by atoms with Gasteiger partial charge in [0, 0.05) is 5.69 Å². The summed E-state index contributed by atoms with van der Waals surface area (Å²) in [6.07, 6.45) is 0. The fraction of sp³-hybridized carbons (Fsp3) is 0.241. The minimum Gasteiger partial charge on any atom is -1.00 e. The molecule has 0 saturated carbocycles. The van der Waals surface area contributed by atoms with Gasteiger partial charge >= 0.3 is 0 Å². The molecule has 3 aromatic rings. The number of fused-ring (bicyclic) bond motifs is 1. The molecule has 2 aliphatic rings. The van der Waals surface area contributed by atoms with Gasteiger partial charge in [-0.15, -0.1) is 0 Å². The van der Waals surface area contributed by atoms with Crippen LogP contribution in [0.4, 0.5) is 15.8 Å². The number of para-hydroxylation sites is 2. The van der Waals surface area contributed by atoms with E-state index in [-0.39, 0.29) is 30.2 Å². The Morgan fingerprint density at radius 2 is 1.68 bits per heavy atom. The SMILES string of the molecule is CC1=C(C(=O)Nc2ccccc2)C(c2ccc(F)cc2)N2C(=N1)SCC2(O)[NH+](c1ccccc1)C(C)C.[Cl-]. The number of hydrogen-bond donors (Lipinski definition) is 3. The number of nitrogens with one attached hydrogen (secondary N) is 2. The third-order valence-electron chi connectivity index (χ3n) is 6.75. The molecule has 0 radical (unpaired) electrons. The zero-order chi connectivity index (χ0) is 26.2. The highest BCUT2D eigenvalue weighted by atomic mass is 35.5. The average Bonchev–Trinajstić information content (AvgIpc) is 3.21. The van der Waals surface area contributed by atoms with Gasteiger partial charge in [-0.1, -0.05) is 60.3 Å². The van der Waals surface area contributed by atoms with Crippen LogP contribution in [0.15, 0.2) is 101 Å². The number of quaternary nitrogens is 1. The summed E-state index contributed by atoms with van der Waals surface area (Å²) in [5, 5.41) is 16.1. The van der Waals surface area contributed by atoms with Crippen LogP contribution in [0.3, 0.4) is 0 Å². The van der Waals surface area contributed by atoms with Crippen LogP contribution in [0.2, 0.25) is 0 Å². The number of allylic oxidation sites excluding steroid dienone is 1. The molecular formula is C29H30ClFN4O2S. The largest absolute Gasteiger partial charge is 1.00 e. The second-order valence-electron chi connectivity index (χ2n) is 9.58. The molecule has 0 bridgehead atoms. The molecule has 6 nitrogen and oxygen atoms in total. The van der Waals surface area contributed by atoms with Crippen LogP contribution in [-0.2, 0) is 4.79 Å². The molecule has 198 valence electrons. The number of rotatable bonds is 6. The Bertz CT molecular complexity index is 1350. The Kier molecular flexibility index (Phi) is 8.28. The number of halogens is 2. The van der Waals surface area contributed by atoms with Crippen molar-refractivity contribution in [1.82, 2.24) is 4.90 Å². The number of amidine groups is 1. The number of amides is 1. The van der Waals surface area contributed by atoms with Crippen molar-refractivity contribution in [3.8, 4) is 0 Å². The smallest absolute Gasteiger partial charge is 0.300 e. The number of thioether (sulfide) groups is 1. The molecule has 1 amide bonds. The molecule has 5 rings (SSSR count). The molecule has 38 heavy (non-hydrogen) atoms. The fourth-order valence-corrected chi connectivity index (χ4v) is 6.45. The number of benzene rings is 3. The molecule has 9 heteroatoms. The first-order valence-corrected chi connectivity index (χ1v) is 13.3. The molecule has 3 N–H and O–H groups in total. The van der Waals surface area contributed by atoms with Gasteiger partial charge in [-0.2, -0.15) is 0 Å². The van der Waals surface area contributed by atoms with E-state index in [0.29, 0.717) is 33.4 Å². The van der Waals surface area contributed by atoms with Gasteiger partial charge in [-0.05, 0) is 62.7 Å². The van der Waals surface area contributed by atoms with Crippen molar-refractivity contribution in [3.05, 3.63) is 108 Å². The van der Waals surface area contributed by atoms with E-state index in [1.165, 1.54) is 23.9 Å². The van der Waals surface area contributed by atoms with Crippen LogP contribution in [0.5, 0.6) is 0 Å². The van der Waals surface area contributed by atoms with Crippen molar-refractivity contribution in [2.45, 2.75) is 38.7 Å². The third kappa shape index (κ3) is 5.09. The van der Waals surface area contributed by atoms with E-state index in [4.69, 9.17) is 4.99 Å². The molecule has 3 aromatic carbocycles. The molecule has 2 aliphatic heterocycles. The van der Waals surface area contributed by atoms with Gasteiger partial charge in [0.2, 0.25) is 0 Å². The molecular weight excluding hydrogens is 523 g/mol. The minimum atomic E-state index is -1.42. The lowest BCUT2D eigenvalue weighted by atomic mass is 9.92. The van der Waals surface area contributed by atoms with Gasteiger partial charge in [-0.25, -0.2) is 9.38 Å². The summed E-state index contributed by atoms with van der Waals surface area (Å²) in [7, 11) is 0. The van der Waals surface area contributed by atoms with E-state index in [9.17, 15) is 14.3 Å². The van der Waals surface area contributed by atoms with Gasteiger partial charge in [0.15, 0.2) is 5.17 Å². The summed E-state index contributed by atoms with van der Waals surface area (Å²) < 4.78 is 14.0. The van der Waals surface area contributed by atoms with Crippen LogP contribution in [0, 0.1) is 5.82 Å². The maximum absolute atomic E-state index is 14.0. The van der Waals surface area contributed by atoms with Crippen molar-refractivity contribution < 1.29 is 31.6 Å².